The van der Waals surface area contributed by atoms with E-state index in [2.05, 4.69) is 11.4 Å². The van der Waals surface area contributed by atoms with E-state index in [-0.39, 0.29) is 11.3 Å². The Hall–Kier alpha value is -1.82. The van der Waals surface area contributed by atoms with Gasteiger partial charge in [-0.15, -0.1) is 0 Å². The molecule has 1 aliphatic carbocycles. The maximum absolute atomic E-state index is 12.3. The average molecular weight is 242 g/mol. The lowest BCUT2D eigenvalue weighted by Gasteiger charge is -2.22. The molecule has 1 aromatic carbocycles. The summed E-state index contributed by atoms with van der Waals surface area (Å²) in [6, 6.07) is 7.70. The zero-order chi connectivity index (χ0) is 13.2. The first-order chi connectivity index (χ1) is 8.57. The van der Waals surface area contributed by atoms with Crippen LogP contribution in [0.3, 0.4) is 0 Å². The van der Waals surface area contributed by atoms with Crippen molar-refractivity contribution < 1.29 is 4.79 Å². The van der Waals surface area contributed by atoms with Crippen molar-refractivity contribution in [1.29, 1.82) is 5.26 Å². The highest BCUT2D eigenvalue weighted by Crippen LogP contribution is 2.38. The molecule has 1 aromatic rings. The zero-order valence-corrected chi connectivity index (χ0v) is 10.9. The predicted octanol–water partition coefficient (Wildman–Crippen LogP) is 3.39. The minimum Gasteiger partial charge on any atom is -0.324 e. The Morgan fingerprint density at radius 3 is 2.67 bits per heavy atom. The minimum absolute atomic E-state index is 0.0436. The summed E-state index contributed by atoms with van der Waals surface area (Å²) in [4.78, 5) is 12.3. The van der Waals surface area contributed by atoms with Gasteiger partial charge in [0, 0.05) is 5.41 Å². The van der Waals surface area contributed by atoms with Gasteiger partial charge in [-0.3, -0.25) is 4.79 Å². The van der Waals surface area contributed by atoms with E-state index in [1.165, 1.54) is 0 Å². The van der Waals surface area contributed by atoms with Crippen LogP contribution >= 0.6 is 0 Å². The zero-order valence-electron chi connectivity index (χ0n) is 10.9. The number of hydrogen-bond donors (Lipinski definition) is 1. The Morgan fingerprint density at radius 2 is 2.06 bits per heavy atom. The maximum atomic E-state index is 12.3. The lowest BCUT2D eigenvalue weighted by molar-refractivity contribution is -0.124. The molecular weight excluding hydrogens is 224 g/mol. The van der Waals surface area contributed by atoms with Crippen molar-refractivity contribution in [3.8, 4) is 6.07 Å². The molecule has 0 saturated heterocycles. The topological polar surface area (TPSA) is 52.9 Å². The first kappa shape index (κ1) is 12.6. The van der Waals surface area contributed by atoms with Gasteiger partial charge in [0.05, 0.1) is 11.3 Å². The van der Waals surface area contributed by atoms with Crippen molar-refractivity contribution in [2.24, 2.45) is 5.41 Å². The van der Waals surface area contributed by atoms with E-state index >= 15 is 0 Å². The van der Waals surface area contributed by atoms with E-state index in [1.807, 2.05) is 26.0 Å². The molecule has 1 amide bonds. The lowest BCUT2D eigenvalue weighted by Crippen LogP contribution is -2.31. The molecule has 0 spiro atoms. The second-order valence-electron chi connectivity index (χ2n) is 5.33. The fourth-order valence-electron chi connectivity index (χ4n) is 2.58. The van der Waals surface area contributed by atoms with Crippen molar-refractivity contribution >= 4 is 11.6 Å². The van der Waals surface area contributed by atoms with Crippen molar-refractivity contribution in [1.82, 2.24) is 0 Å². The van der Waals surface area contributed by atoms with Gasteiger partial charge in [-0.2, -0.15) is 5.26 Å². The van der Waals surface area contributed by atoms with Crippen LogP contribution in [-0.2, 0) is 4.79 Å². The molecule has 0 unspecified atom stereocenters. The summed E-state index contributed by atoms with van der Waals surface area (Å²) in [7, 11) is 0. The fourth-order valence-corrected chi connectivity index (χ4v) is 2.58. The van der Waals surface area contributed by atoms with E-state index in [9.17, 15) is 4.79 Å². The van der Waals surface area contributed by atoms with Gasteiger partial charge < -0.3 is 5.32 Å². The molecule has 0 aliphatic heterocycles. The van der Waals surface area contributed by atoms with Gasteiger partial charge in [-0.25, -0.2) is 0 Å². The first-order valence-corrected chi connectivity index (χ1v) is 6.38. The van der Waals surface area contributed by atoms with Crippen LogP contribution in [0.1, 0.15) is 43.7 Å². The van der Waals surface area contributed by atoms with Crippen molar-refractivity contribution in [2.45, 2.75) is 39.5 Å². The highest BCUT2D eigenvalue weighted by Gasteiger charge is 2.36. The number of benzene rings is 1. The van der Waals surface area contributed by atoms with Crippen LogP contribution in [0.2, 0.25) is 0 Å². The highest BCUT2D eigenvalue weighted by molar-refractivity contribution is 5.96. The molecule has 0 atom stereocenters. The van der Waals surface area contributed by atoms with Crippen LogP contribution in [-0.4, -0.2) is 5.91 Å². The molecule has 1 N–H and O–H groups in total. The Morgan fingerprint density at radius 1 is 1.39 bits per heavy atom. The number of carbonyl (C=O) groups excluding carboxylic acids is 1. The third-order valence-corrected chi connectivity index (χ3v) is 3.89. The van der Waals surface area contributed by atoms with Crippen molar-refractivity contribution in [3.05, 3.63) is 29.3 Å². The summed E-state index contributed by atoms with van der Waals surface area (Å²) in [6.07, 6.45) is 4.10. The van der Waals surface area contributed by atoms with Crippen LogP contribution in [0, 0.1) is 23.7 Å². The average Bonchev–Trinajstić information content (AvgIpc) is 2.78. The van der Waals surface area contributed by atoms with Gasteiger partial charge in [0.15, 0.2) is 0 Å². The van der Waals surface area contributed by atoms with Crippen LogP contribution in [0.5, 0.6) is 0 Å². The number of carbonyl (C=O) groups is 1. The fraction of sp³-hybridized carbons (Fsp3) is 0.467. The third-order valence-electron chi connectivity index (χ3n) is 3.89. The first-order valence-electron chi connectivity index (χ1n) is 6.38. The number of amides is 1. The highest BCUT2D eigenvalue weighted by atomic mass is 16.2. The SMILES string of the molecule is Cc1cccc(NC(=O)C2(C)CCCC2)c1C#N. The Labute approximate surface area is 108 Å². The molecule has 2 rings (SSSR count). The van der Waals surface area contributed by atoms with Crippen molar-refractivity contribution in [2.75, 3.05) is 5.32 Å². The molecule has 0 aromatic heterocycles. The summed E-state index contributed by atoms with van der Waals surface area (Å²) in [5, 5.41) is 12.1. The second kappa shape index (κ2) is 4.81. The number of anilines is 1. The molecule has 3 nitrogen and oxygen atoms in total. The van der Waals surface area contributed by atoms with Gasteiger partial charge >= 0.3 is 0 Å². The monoisotopic (exact) mass is 242 g/mol. The van der Waals surface area contributed by atoms with E-state index in [0.29, 0.717) is 11.3 Å². The number of aryl methyl sites for hydroxylation is 1. The van der Waals surface area contributed by atoms with E-state index in [1.54, 1.807) is 6.07 Å². The standard InChI is InChI=1S/C15H18N2O/c1-11-6-5-7-13(12(11)10-16)17-14(18)15(2)8-3-4-9-15/h5-7H,3-4,8-9H2,1-2H3,(H,17,18). The summed E-state index contributed by atoms with van der Waals surface area (Å²) in [6.45, 7) is 3.89. The number of nitriles is 1. The Bertz CT molecular complexity index is 508. The smallest absolute Gasteiger partial charge is 0.230 e. The second-order valence-corrected chi connectivity index (χ2v) is 5.33. The van der Waals surface area contributed by atoms with Gasteiger partial charge in [0.25, 0.3) is 0 Å². The molecule has 3 heteroatoms. The molecule has 1 aliphatic rings. The summed E-state index contributed by atoms with van der Waals surface area (Å²) in [5.41, 5.74) is 1.83. The van der Waals surface area contributed by atoms with Gasteiger partial charge in [0.1, 0.15) is 6.07 Å². The van der Waals surface area contributed by atoms with Gasteiger partial charge in [-0.1, -0.05) is 31.9 Å². The molecule has 18 heavy (non-hydrogen) atoms. The van der Waals surface area contributed by atoms with Crippen molar-refractivity contribution in [3.63, 3.8) is 0 Å². The van der Waals surface area contributed by atoms with Crippen LogP contribution in [0.15, 0.2) is 18.2 Å². The minimum atomic E-state index is -0.267. The number of nitrogens with one attached hydrogen (secondary N) is 1. The number of nitrogens with zero attached hydrogens (tertiary/aromatic N) is 1. The summed E-state index contributed by atoms with van der Waals surface area (Å²) >= 11 is 0. The normalized spacial score (nSPS) is 17.2. The maximum Gasteiger partial charge on any atom is 0.230 e. The van der Waals surface area contributed by atoms with Gasteiger partial charge in [-0.05, 0) is 31.4 Å². The Balaban J connectivity index is 2.22. The third kappa shape index (κ3) is 2.24. The lowest BCUT2D eigenvalue weighted by atomic mass is 9.87. The largest absolute Gasteiger partial charge is 0.324 e. The number of hydrogen-bond acceptors (Lipinski definition) is 2. The molecule has 0 bridgehead atoms. The molecule has 94 valence electrons. The van der Waals surface area contributed by atoms with Crippen LogP contribution in [0.4, 0.5) is 5.69 Å². The quantitative estimate of drug-likeness (QED) is 0.864. The molecule has 1 fully saturated rings. The van der Waals surface area contributed by atoms with Gasteiger partial charge in [0.2, 0.25) is 5.91 Å². The van der Waals surface area contributed by atoms with E-state index in [4.69, 9.17) is 5.26 Å². The van der Waals surface area contributed by atoms with E-state index in [0.717, 1.165) is 31.2 Å². The predicted molar refractivity (Wildman–Crippen MR) is 71.1 cm³/mol. The number of rotatable bonds is 2. The Kier molecular flexibility index (Phi) is 3.38. The summed E-state index contributed by atoms with van der Waals surface area (Å²) < 4.78 is 0. The molecular formula is C15H18N2O. The molecule has 0 heterocycles. The molecule has 1 saturated carbocycles. The molecule has 0 radical (unpaired) electrons. The van der Waals surface area contributed by atoms with Crippen LogP contribution < -0.4 is 5.32 Å². The summed E-state index contributed by atoms with van der Waals surface area (Å²) in [5.74, 6) is 0.0436. The van der Waals surface area contributed by atoms with E-state index < -0.39 is 0 Å². The van der Waals surface area contributed by atoms with Crippen LogP contribution in [0.25, 0.3) is 0 Å².